The van der Waals surface area contributed by atoms with E-state index in [0.717, 1.165) is 30.2 Å². The highest BCUT2D eigenvalue weighted by atomic mass is 79.9. The second-order valence-electron chi connectivity index (χ2n) is 7.03. The summed E-state index contributed by atoms with van der Waals surface area (Å²) in [5, 5.41) is 0.232. The molecule has 1 aromatic carbocycles. The van der Waals surface area contributed by atoms with Crippen molar-refractivity contribution in [3.63, 3.8) is 0 Å². The van der Waals surface area contributed by atoms with E-state index >= 15 is 0 Å². The number of ether oxygens (including phenoxy) is 3. The molecule has 0 N–H and O–H groups in total. The summed E-state index contributed by atoms with van der Waals surface area (Å²) >= 11 is 6.91. The number of halogens is 2. The molecule has 1 unspecified atom stereocenters. The Bertz CT molecular complexity index is 843. The van der Waals surface area contributed by atoms with Crippen LogP contribution in [0.2, 0.25) is 0 Å². The lowest BCUT2D eigenvalue weighted by Gasteiger charge is -2.29. The van der Waals surface area contributed by atoms with Crippen LogP contribution in [-0.2, 0) is 29.4 Å². The Labute approximate surface area is 186 Å². The van der Waals surface area contributed by atoms with Crippen molar-refractivity contribution in [3.8, 4) is 0 Å². The molecule has 3 rings (SSSR count). The van der Waals surface area contributed by atoms with E-state index in [1.165, 1.54) is 20.6 Å². The SMILES string of the molecule is COC(=O)C1=C(C(=O)OC)C(CBr)(c2ccc(Br)cc2)OC1=NC1CCCCC1. The minimum Gasteiger partial charge on any atom is -0.466 e. The van der Waals surface area contributed by atoms with Crippen molar-refractivity contribution < 1.29 is 23.8 Å². The molecule has 0 radical (unpaired) electrons. The number of alkyl halides is 1. The molecule has 6 nitrogen and oxygen atoms in total. The van der Waals surface area contributed by atoms with Gasteiger partial charge in [0.2, 0.25) is 5.90 Å². The minimum atomic E-state index is -1.25. The van der Waals surface area contributed by atoms with Gasteiger partial charge in [-0.15, -0.1) is 0 Å². The Morgan fingerprint density at radius 3 is 2.28 bits per heavy atom. The largest absolute Gasteiger partial charge is 0.466 e. The van der Waals surface area contributed by atoms with Gasteiger partial charge in [-0.2, -0.15) is 0 Å². The Balaban J connectivity index is 2.21. The Kier molecular flexibility index (Phi) is 7.16. The molecule has 0 aromatic heterocycles. The Morgan fingerprint density at radius 1 is 1.10 bits per heavy atom. The zero-order valence-corrected chi connectivity index (χ0v) is 19.5. The number of rotatable bonds is 5. The summed E-state index contributed by atoms with van der Waals surface area (Å²) in [6, 6.07) is 7.44. The third kappa shape index (κ3) is 4.28. The highest BCUT2D eigenvalue weighted by Gasteiger charge is 2.53. The maximum Gasteiger partial charge on any atom is 0.344 e. The van der Waals surface area contributed by atoms with Gasteiger partial charge in [-0.25, -0.2) is 14.6 Å². The summed E-state index contributed by atoms with van der Waals surface area (Å²) in [7, 11) is 2.55. The highest BCUT2D eigenvalue weighted by molar-refractivity contribution is 9.10. The predicted octanol–water partition coefficient (Wildman–Crippen LogP) is 4.44. The monoisotopic (exact) mass is 527 g/mol. The number of hydrogen-bond donors (Lipinski definition) is 0. The average Bonchev–Trinajstić information content (AvgIpc) is 3.08. The number of carbonyl (C=O) groups excluding carboxylic acids is 2. The fourth-order valence-electron chi connectivity index (χ4n) is 3.80. The number of nitrogens with zero attached hydrogens (tertiary/aromatic N) is 1. The molecule has 8 heteroatoms. The van der Waals surface area contributed by atoms with Gasteiger partial charge in [-0.05, 0) is 25.0 Å². The lowest BCUT2D eigenvalue weighted by molar-refractivity contribution is -0.139. The lowest BCUT2D eigenvalue weighted by Crippen LogP contribution is -2.35. The molecule has 1 saturated carbocycles. The minimum absolute atomic E-state index is 0.0345. The molecule has 1 aliphatic heterocycles. The van der Waals surface area contributed by atoms with E-state index in [-0.39, 0.29) is 28.4 Å². The van der Waals surface area contributed by atoms with Crippen LogP contribution in [-0.4, -0.2) is 43.4 Å². The molecule has 0 bridgehead atoms. The molecule has 1 atom stereocenters. The van der Waals surface area contributed by atoms with Gasteiger partial charge in [0.15, 0.2) is 5.60 Å². The van der Waals surface area contributed by atoms with Gasteiger partial charge in [0.25, 0.3) is 0 Å². The molecule has 2 aliphatic rings. The first-order valence-electron chi connectivity index (χ1n) is 9.47. The number of methoxy groups -OCH3 is 2. The van der Waals surface area contributed by atoms with E-state index in [0.29, 0.717) is 5.56 Å². The number of aliphatic imine (C=N–C) groups is 1. The molecular formula is C21H23Br2NO5. The normalized spacial score (nSPS) is 23.8. The second-order valence-corrected chi connectivity index (χ2v) is 8.51. The van der Waals surface area contributed by atoms with E-state index < -0.39 is 17.5 Å². The molecule has 156 valence electrons. The van der Waals surface area contributed by atoms with Crippen molar-refractivity contribution in [3.05, 3.63) is 45.4 Å². The molecule has 0 spiro atoms. The standard InChI is InChI=1S/C21H23Br2NO5/c1-27-19(25)16-17(20(26)28-2)21(12-22,13-8-10-14(23)11-9-13)29-18(16)24-15-6-4-3-5-7-15/h8-11,15H,3-7,12H2,1-2H3. The smallest absolute Gasteiger partial charge is 0.344 e. The van der Waals surface area contributed by atoms with Gasteiger partial charge in [-0.3, -0.25) is 0 Å². The van der Waals surface area contributed by atoms with E-state index in [9.17, 15) is 9.59 Å². The summed E-state index contributed by atoms with van der Waals surface area (Å²) in [5.74, 6) is -1.17. The second kappa shape index (κ2) is 9.43. The average molecular weight is 529 g/mol. The van der Waals surface area contributed by atoms with Crippen LogP contribution in [0.3, 0.4) is 0 Å². The first-order chi connectivity index (χ1) is 14.0. The van der Waals surface area contributed by atoms with Crippen LogP contribution in [0.15, 0.2) is 44.9 Å². The lowest BCUT2D eigenvalue weighted by atomic mass is 9.86. The first kappa shape index (κ1) is 22.0. The zero-order chi connectivity index (χ0) is 21.0. The molecule has 1 aromatic rings. The third-order valence-corrected chi connectivity index (χ3v) is 6.61. The highest BCUT2D eigenvalue weighted by Crippen LogP contribution is 2.45. The summed E-state index contributed by atoms with van der Waals surface area (Å²) in [6.07, 6.45) is 5.19. The quantitative estimate of drug-likeness (QED) is 0.417. The molecule has 0 saturated heterocycles. The Morgan fingerprint density at radius 2 is 1.72 bits per heavy atom. The van der Waals surface area contributed by atoms with E-state index in [1.54, 1.807) is 0 Å². The van der Waals surface area contributed by atoms with E-state index in [4.69, 9.17) is 19.2 Å². The third-order valence-electron chi connectivity index (χ3n) is 5.29. The molecule has 1 heterocycles. The molecule has 1 fully saturated rings. The van der Waals surface area contributed by atoms with Crippen molar-refractivity contribution in [1.82, 2.24) is 0 Å². The van der Waals surface area contributed by atoms with Gasteiger partial charge < -0.3 is 14.2 Å². The van der Waals surface area contributed by atoms with Crippen molar-refractivity contribution >= 4 is 49.7 Å². The number of hydrogen-bond acceptors (Lipinski definition) is 6. The van der Waals surface area contributed by atoms with Crippen molar-refractivity contribution in [1.29, 1.82) is 0 Å². The Hall–Kier alpha value is -1.67. The van der Waals surface area contributed by atoms with Crippen molar-refractivity contribution in [2.24, 2.45) is 4.99 Å². The van der Waals surface area contributed by atoms with Crippen LogP contribution in [0, 0.1) is 0 Å². The van der Waals surface area contributed by atoms with Gasteiger partial charge in [0, 0.05) is 10.0 Å². The van der Waals surface area contributed by atoms with Gasteiger partial charge in [-0.1, -0.05) is 63.3 Å². The van der Waals surface area contributed by atoms with Crippen LogP contribution in [0.5, 0.6) is 0 Å². The summed E-state index contributed by atoms with van der Waals surface area (Å²) in [4.78, 5) is 30.3. The fraction of sp³-hybridized carbons (Fsp3) is 0.476. The summed E-state index contributed by atoms with van der Waals surface area (Å²) < 4.78 is 17.2. The fourth-order valence-corrected chi connectivity index (χ4v) is 4.78. The van der Waals surface area contributed by atoms with Crippen LogP contribution in [0.4, 0.5) is 0 Å². The predicted molar refractivity (Wildman–Crippen MR) is 116 cm³/mol. The molecular weight excluding hydrogens is 506 g/mol. The van der Waals surface area contributed by atoms with Crippen LogP contribution < -0.4 is 0 Å². The van der Waals surface area contributed by atoms with Crippen molar-refractivity contribution in [2.45, 2.75) is 43.7 Å². The van der Waals surface area contributed by atoms with Gasteiger partial charge >= 0.3 is 11.9 Å². The maximum atomic E-state index is 12.8. The zero-order valence-electron chi connectivity index (χ0n) is 16.4. The maximum absolute atomic E-state index is 12.8. The van der Waals surface area contributed by atoms with Crippen LogP contribution in [0.1, 0.15) is 37.7 Å². The number of carbonyl (C=O) groups is 2. The summed E-state index contributed by atoms with van der Waals surface area (Å²) in [5.41, 5.74) is -0.411. The van der Waals surface area contributed by atoms with Gasteiger partial charge in [0.05, 0.1) is 25.6 Å². The number of benzene rings is 1. The van der Waals surface area contributed by atoms with Crippen molar-refractivity contribution in [2.75, 3.05) is 19.5 Å². The van der Waals surface area contributed by atoms with E-state index in [1.807, 2.05) is 24.3 Å². The molecule has 0 amide bonds. The van der Waals surface area contributed by atoms with Gasteiger partial charge in [0.1, 0.15) is 11.1 Å². The molecule has 29 heavy (non-hydrogen) atoms. The topological polar surface area (TPSA) is 74.2 Å². The van der Waals surface area contributed by atoms with Crippen LogP contribution >= 0.6 is 31.9 Å². The summed E-state index contributed by atoms with van der Waals surface area (Å²) in [6.45, 7) is 0. The number of esters is 2. The molecule has 1 aliphatic carbocycles. The van der Waals surface area contributed by atoms with E-state index in [2.05, 4.69) is 31.9 Å². The first-order valence-corrected chi connectivity index (χ1v) is 11.4. The van der Waals surface area contributed by atoms with Crippen LogP contribution in [0.25, 0.3) is 0 Å².